The van der Waals surface area contributed by atoms with Gasteiger partial charge in [-0.05, 0) is 54.4 Å². The first-order chi connectivity index (χ1) is 23.3. The molecule has 1 aliphatic heterocycles. The molecule has 7 rings (SSSR count). The Morgan fingerprint density at radius 3 is 2.53 bits per heavy atom. The lowest BCUT2D eigenvalue weighted by Gasteiger charge is -2.29. The number of carbonyl (C=O) groups excluding carboxylic acids is 1. The first-order valence-electron chi connectivity index (χ1n) is 15.1. The van der Waals surface area contributed by atoms with E-state index >= 15 is 8.78 Å². The Morgan fingerprint density at radius 2 is 1.84 bits per heavy atom. The Bertz CT molecular complexity index is 2440. The molecule has 1 aliphatic rings. The van der Waals surface area contributed by atoms with Gasteiger partial charge in [0.2, 0.25) is 10.0 Å². The molecule has 3 aromatic heterocycles. The molecule has 0 spiro atoms. The first-order valence-corrected chi connectivity index (χ1v) is 18.7. The standard InChI is InChI=1S/C35H29F3N4O5S2/c1-39-35(43)32-24-14-23(29(41(2)49(4,45)46)16-31(24)47-34(32)21-10-9-19(36)13-26(21)38)27-11-8-18-12-20(17-48(3)44)42-28-7-5-6-25(37)22(28)15-30(42)33(18)40-27/h5-11,13-16,20H,12,17H2,1-4H3,(H,39,43). The Labute approximate surface area is 282 Å². The number of benzene rings is 3. The zero-order valence-corrected chi connectivity index (χ0v) is 28.3. The quantitative estimate of drug-likeness (QED) is 0.191. The van der Waals surface area contributed by atoms with E-state index in [4.69, 9.17) is 9.40 Å². The van der Waals surface area contributed by atoms with E-state index in [1.807, 2.05) is 10.6 Å². The fraction of sp³-hybridized carbons (Fsp3) is 0.200. The number of fused-ring (bicyclic) bond motifs is 6. The van der Waals surface area contributed by atoms with E-state index in [1.54, 1.807) is 36.6 Å². The Hall–Kier alpha value is -4.79. The highest BCUT2D eigenvalue weighted by atomic mass is 32.2. The predicted octanol–water partition coefficient (Wildman–Crippen LogP) is 6.43. The topological polar surface area (TPSA) is 120 Å². The molecule has 1 N–H and O–H groups in total. The van der Waals surface area contributed by atoms with Crippen LogP contribution in [0.3, 0.4) is 0 Å². The monoisotopic (exact) mass is 706 g/mol. The number of anilines is 1. The minimum absolute atomic E-state index is 0.0400. The molecule has 4 heterocycles. The van der Waals surface area contributed by atoms with E-state index in [0.29, 0.717) is 51.8 Å². The molecule has 0 radical (unpaired) electrons. The summed E-state index contributed by atoms with van der Waals surface area (Å²) >= 11 is -1.15. The number of pyridine rings is 1. The maximum atomic E-state index is 15.0. The second kappa shape index (κ2) is 12.0. The number of rotatable bonds is 7. The second-order valence-electron chi connectivity index (χ2n) is 12.0. The minimum Gasteiger partial charge on any atom is -0.616 e. The number of nitrogens with zero attached hydrogens (tertiary/aromatic N) is 3. The zero-order valence-electron chi connectivity index (χ0n) is 26.7. The van der Waals surface area contributed by atoms with Crippen molar-refractivity contribution in [1.82, 2.24) is 14.9 Å². The molecule has 9 nitrogen and oxygen atoms in total. The number of furan rings is 1. The summed E-state index contributed by atoms with van der Waals surface area (Å²) in [4.78, 5) is 18.3. The largest absolute Gasteiger partial charge is 0.616 e. The van der Waals surface area contributed by atoms with Crippen LogP contribution in [0, 0.1) is 17.5 Å². The molecule has 0 saturated carbocycles. The van der Waals surface area contributed by atoms with Crippen LogP contribution in [0.25, 0.3) is 55.8 Å². The third-order valence-corrected chi connectivity index (χ3v) is 10.9. The number of hydrogen-bond acceptors (Lipinski definition) is 6. The molecule has 252 valence electrons. The lowest BCUT2D eigenvalue weighted by Crippen LogP contribution is -2.26. The fourth-order valence-corrected chi connectivity index (χ4v) is 7.87. The smallest absolute Gasteiger partial charge is 0.255 e. The van der Waals surface area contributed by atoms with Gasteiger partial charge in [0.05, 0.1) is 58.0 Å². The van der Waals surface area contributed by atoms with Gasteiger partial charge in [-0.2, -0.15) is 0 Å². The Kier molecular flexibility index (Phi) is 8.00. The number of nitrogens with one attached hydrogen (secondary N) is 1. The van der Waals surface area contributed by atoms with E-state index in [2.05, 4.69) is 5.32 Å². The van der Waals surface area contributed by atoms with Crippen LogP contribution < -0.4 is 9.62 Å². The molecule has 0 bridgehead atoms. The third kappa shape index (κ3) is 5.53. The average molecular weight is 707 g/mol. The fourth-order valence-electron chi connectivity index (χ4n) is 6.55. The number of aromatic nitrogens is 2. The molecule has 14 heteroatoms. The van der Waals surface area contributed by atoms with Crippen molar-refractivity contribution in [3.8, 4) is 34.0 Å². The van der Waals surface area contributed by atoms with Crippen LogP contribution >= 0.6 is 0 Å². The van der Waals surface area contributed by atoms with Crippen molar-refractivity contribution < 1.29 is 35.4 Å². The SMILES string of the molecule is CNC(=O)c1c(-c2ccc(F)cc2F)oc2cc(N(C)S(C)(=O)=O)c(-c3ccc4c(n3)-c3cc5c(F)cccc5n3C(C[S+](C)[O-])C4)cc12. The van der Waals surface area contributed by atoms with Crippen LogP contribution in [0.15, 0.2) is 71.1 Å². The van der Waals surface area contributed by atoms with E-state index < -0.39 is 44.6 Å². The summed E-state index contributed by atoms with van der Waals surface area (Å²) in [5.74, 6) is -2.61. The maximum absolute atomic E-state index is 15.0. The Morgan fingerprint density at radius 1 is 1.06 bits per heavy atom. The molecule has 2 unspecified atom stereocenters. The van der Waals surface area contributed by atoms with Gasteiger partial charge in [0.1, 0.15) is 28.8 Å². The van der Waals surface area contributed by atoms with Gasteiger partial charge in [-0.3, -0.25) is 9.10 Å². The zero-order chi connectivity index (χ0) is 34.9. The van der Waals surface area contributed by atoms with Gasteiger partial charge < -0.3 is 18.9 Å². The molecule has 1 amide bonds. The maximum Gasteiger partial charge on any atom is 0.255 e. The summed E-state index contributed by atoms with van der Waals surface area (Å²) in [7, 11) is -1.09. The van der Waals surface area contributed by atoms with Crippen LogP contribution in [0.4, 0.5) is 18.9 Å². The number of amides is 1. The lowest BCUT2D eigenvalue weighted by atomic mass is 9.96. The van der Waals surface area contributed by atoms with Crippen molar-refractivity contribution in [3.05, 3.63) is 95.3 Å². The minimum atomic E-state index is -3.84. The molecule has 3 aromatic carbocycles. The normalized spacial score (nSPS) is 14.9. The van der Waals surface area contributed by atoms with Crippen molar-refractivity contribution in [1.29, 1.82) is 0 Å². The van der Waals surface area contributed by atoms with Crippen LogP contribution in [0.5, 0.6) is 0 Å². The van der Waals surface area contributed by atoms with Crippen LogP contribution in [0.2, 0.25) is 0 Å². The van der Waals surface area contributed by atoms with Crippen LogP contribution in [-0.4, -0.2) is 60.8 Å². The van der Waals surface area contributed by atoms with Gasteiger partial charge in [-0.25, -0.2) is 26.6 Å². The highest BCUT2D eigenvalue weighted by Gasteiger charge is 2.32. The van der Waals surface area contributed by atoms with Crippen molar-refractivity contribution in [2.24, 2.45) is 0 Å². The predicted molar refractivity (Wildman–Crippen MR) is 184 cm³/mol. The summed E-state index contributed by atoms with van der Waals surface area (Å²) in [5, 5.41) is 3.16. The molecule has 0 fully saturated rings. The highest BCUT2D eigenvalue weighted by Crippen LogP contribution is 2.44. The summed E-state index contributed by atoms with van der Waals surface area (Å²) in [6.07, 6.45) is 3.13. The van der Waals surface area contributed by atoms with E-state index in [0.717, 1.165) is 28.3 Å². The van der Waals surface area contributed by atoms with Gasteiger partial charge in [-0.1, -0.05) is 23.3 Å². The second-order valence-corrected chi connectivity index (χ2v) is 15.5. The Balaban J connectivity index is 1.50. The van der Waals surface area contributed by atoms with E-state index in [9.17, 15) is 22.2 Å². The van der Waals surface area contributed by atoms with Crippen LogP contribution in [0.1, 0.15) is 22.0 Å². The van der Waals surface area contributed by atoms with E-state index in [1.165, 1.54) is 26.2 Å². The molecular weight excluding hydrogens is 678 g/mol. The highest BCUT2D eigenvalue weighted by molar-refractivity contribution is 7.92. The van der Waals surface area contributed by atoms with Crippen LogP contribution in [-0.2, 0) is 27.6 Å². The summed E-state index contributed by atoms with van der Waals surface area (Å²) in [6.45, 7) is 0. The molecule has 6 aromatic rings. The number of carbonyl (C=O) groups is 1. The summed E-state index contributed by atoms with van der Waals surface area (Å²) < 4.78 is 91.1. The van der Waals surface area contributed by atoms with Crippen molar-refractivity contribution in [3.63, 3.8) is 0 Å². The van der Waals surface area contributed by atoms with Gasteiger partial charge >= 0.3 is 0 Å². The first kappa shape index (κ1) is 32.7. The number of sulfonamides is 1. The molecular formula is C35H29F3N4O5S2. The summed E-state index contributed by atoms with van der Waals surface area (Å²) in [5.41, 5.74) is 3.29. The van der Waals surface area contributed by atoms with Gasteiger partial charge in [0.15, 0.2) is 5.76 Å². The molecule has 0 saturated heterocycles. The third-order valence-electron chi connectivity index (χ3n) is 8.85. The van der Waals surface area contributed by atoms with Gasteiger partial charge in [0.25, 0.3) is 5.91 Å². The summed E-state index contributed by atoms with van der Waals surface area (Å²) in [6, 6.07) is 15.7. The van der Waals surface area contributed by atoms with Crippen molar-refractivity contribution in [2.45, 2.75) is 12.5 Å². The molecule has 49 heavy (non-hydrogen) atoms. The number of halogens is 3. The van der Waals surface area contributed by atoms with Crippen molar-refractivity contribution in [2.75, 3.05) is 36.7 Å². The average Bonchev–Trinajstić information content (AvgIpc) is 3.62. The molecule has 2 atom stereocenters. The lowest BCUT2D eigenvalue weighted by molar-refractivity contribution is 0.0964. The molecule has 0 aliphatic carbocycles. The van der Waals surface area contributed by atoms with Crippen molar-refractivity contribution >= 4 is 54.7 Å². The van der Waals surface area contributed by atoms with Gasteiger partial charge in [-0.15, -0.1) is 0 Å². The van der Waals surface area contributed by atoms with E-state index in [-0.39, 0.29) is 39.6 Å². The number of hydrogen-bond donors (Lipinski definition) is 1. The van der Waals surface area contributed by atoms with Gasteiger partial charge in [0, 0.05) is 42.6 Å².